The van der Waals surface area contributed by atoms with Crippen molar-refractivity contribution in [3.63, 3.8) is 0 Å². The monoisotopic (exact) mass is 753 g/mol. The molecule has 0 atom stereocenters. The van der Waals surface area contributed by atoms with Gasteiger partial charge in [0.05, 0.1) is 61.7 Å². The van der Waals surface area contributed by atoms with Crippen molar-refractivity contribution in [2.45, 2.75) is 12.8 Å². The summed E-state index contributed by atoms with van der Waals surface area (Å²) >= 11 is 0. The Morgan fingerprint density at radius 3 is 0.930 bits per heavy atom. The van der Waals surface area contributed by atoms with E-state index >= 15 is 0 Å². The van der Waals surface area contributed by atoms with Crippen LogP contribution in [0.2, 0.25) is 0 Å². The molecule has 0 saturated heterocycles. The minimum Gasteiger partial charge on any atom is -0.0620 e. The second-order valence-corrected chi connectivity index (χ2v) is 24.3. The van der Waals surface area contributed by atoms with E-state index in [4.69, 9.17) is 10.8 Å². The van der Waals surface area contributed by atoms with Crippen molar-refractivity contribution in [1.29, 1.82) is 10.8 Å². The standard InChI is InChI=1S/C30H33P3.C5H14P2.Mo.N2/c1-5-15-27(16-6-1)32(28-17-7-2-8-18-28)25-13-23-31-24-14-26-33(29-19-9-3-10-20-29)30-21-11-4-12-22-30;1-6(2)5-7(3)4;;1-2/h1-12,15-22,31H,13-14,23-26H2;5H2,1-4H3;;/p+5. The van der Waals surface area contributed by atoms with Gasteiger partial charge in [0.1, 0.15) is 0 Å². The van der Waals surface area contributed by atoms with Crippen LogP contribution in [0.15, 0.2) is 121 Å². The van der Waals surface area contributed by atoms with Crippen LogP contribution >= 0.6 is 40.3 Å². The first-order valence-corrected chi connectivity index (χ1v) is 25.5. The van der Waals surface area contributed by atoms with E-state index in [1.54, 1.807) is 27.1 Å². The Kier molecular flexibility index (Phi) is 23.7. The molecule has 0 N–H and O–H groups in total. The molecule has 0 aromatic heterocycles. The summed E-state index contributed by atoms with van der Waals surface area (Å²) in [6, 6.07) is 44.9. The van der Waals surface area contributed by atoms with Gasteiger partial charge in [0.15, 0.2) is 5.90 Å². The van der Waals surface area contributed by atoms with Gasteiger partial charge in [-0.2, -0.15) is 0 Å². The summed E-state index contributed by atoms with van der Waals surface area (Å²) in [6.45, 7) is 9.56. The zero-order valence-electron chi connectivity index (χ0n) is 26.4. The Morgan fingerprint density at radius 1 is 0.465 bits per heavy atom. The van der Waals surface area contributed by atoms with Gasteiger partial charge in [-0.05, 0) is 57.1 Å². The van der Waals surface area contributed by atoms with E-state index < -0.39 is 15.8 Å². The Balaban J connectivity index is 0.000000815. The Bertz CT molecular complexity index is 1040. The van der Waals surface area contributed by atoms with E-state index in [-0.39, 0.29) is 36.9 Å². The molecular formula is C35H52MoN2P5+5. The quantitative estimate of drug-likeness (QED) is 0.0572. The molecule has 2 nitrogen and oxygen atoms in total. The van der Waals surface area contributed by atoms with E-state index in [1.807, 2.05) is 0 Å². The van der Waals surface area contributed by atoms with Gasteiger partial charge in [-0.1, -0.05) is 72.8 Å². The molecule has 0 spiro atoms. The molecule has 0 saturated carbocycles. The van der Waals surface area contributed by atoms with Gasteiger partial charge in [-0.15, -0.1) is 0 Å². The van der Waals surface area contributed by atoms with Gasteiger partial charge < -0.3 is 0 Å². The van der Waals surface area contributed by atoms with Gasteiger partial charge in [-0.3, -0.25) is 0 Å². The predicted octanol–water partition coefficient (Wildman–Crippen LogP) is 7.83. The molecule has 0 aliphatic carbocycles. The van der Waals surface area contributed by atoms with E-state index in [0.29, 0.717) is 8.58 Å². The van der Waals surface area contributed by atoms with Crippen molar-refractivity contribution < 1.29 is 21.1 Å². The maximum absolute atomic E-state index is 6.00. The summed E-state index contributed by atoms with van der Waals surface area (Å²) < 4.78 is 0. The fourth-order valence-electron chi connectivity index (χ4n) is 5.17. The molecule has 4 rings (SSSR count). The second-order valence-electron chi connectivity index (χ2n) is 11.1. The van der Waals surface area contributed by atoms with Crippen molar-refractivity contribution in [2.24, 2.45) is 0 Å². The molecule has 0 radical (unpaired) electrons. The van der Waals surface area contributed by atoms with Crippen LogP contribution in [0.3, 0.4) is 0 Å². The molecule has 0 unspecified atom stereocenters. The molecule has 0 bridgehead atoms. The minimum absolute atomic E-state index is 0. The molecule has 0 amide bonds. The molecule has 0 aliphatic heterocycles. The van der Waals surface area contributed by atoms with Crippen LogP contribution in [0.1, 0.15) is 12.8 Å². The smallest absolute Gasteiger partial charge is 0.0620 e. The molecular weight excluding hydrogens is 699 g/mol. The predicted molar refractivity (Wildman–Crippen MR) is 208 cm³/mol. The summed E-state index contributed by atoms with van der Waals surface area (Å²) in [5.41, 5.74) is 0. The van der Waals surface area contributed by atoms with E-state index in [9.17, 15) is 0 Å². The van der Waals surface area contributed by atoms with Crippen LogP contribution in [0.25, 0.3) is 0 Å². The summed E-state index contributed by atoms with van der Waals surface area (Å²) in [4.78, 5) is 0. The molecule has 0 aliphatic rings. The largest absolute Gasteiger partial charge is 0.154 e. The van der Waals surface area contributed by atoms with Gasteiger partial charge in [0.25, 0.3) is 0 Å². The van der Waals surface area contributed by atoms with Crippen molar-refractivity contribution in [2.75, 3.05) is 57.2 Å². The summed E-state index contributed by atoms with van der Waals surface area (Å²) in [5, 5.41) is 18.2. The first kappa shape index (κ1) is 40.2. The third-order valence-corrected chi connectivity index (χ3v) is 20.0. The normalized spacial score (nSPS) is 10.5. The number of rotatable bonds is 14. The number of hydrogen-bond acceptors (Lipinski definition) is 2. The van der Waals surface area contributed by atoms with Crippen molar-refractivity contribution in [3.05, 3.63) is 121 Å². The third-order valence-electron chi connectivity index (χ3n) is 6.87. The molecule has 0 heterocycles. The van der Waals surface area contributed by atoms with Gasteiger partial charge in [-0.25, -0.2) is 0 Å². The third kappa shape index (κ3) is 16.9. The number of nitrogens with zero attached hydrogens (tertiary/aromatic N) is 2. The Labute approximate surface area is 283 Å². The molecule has 43 heavy (non-hydrogen) atoms. The maximum Gasteiger partial charge on any atom is 0.154 e. The maximum atomic E-state index is 6.00. The number of hydrogen-bond donors (Lipinski definition) is 0. The second kappa shape index (κ2) is 25.3. The van der Waals surface area contributed by atoms with Crippen LogP contribution in [0, 0.1) is 10.8 Å². The average molecular weight is 752 g/mol. The fraction of sp³-hybridized carbons (Fsp3) is 0.314. The molecule has 8 heteroatoms. The fourth-order valence-corrected chi connectivity index (χ4v) is 18.2. The number of benzene rings is 4. The summed E-state index contributed by atoms with van der Waals surface area (Å²) in [5.74, 6) is 1.56. The van der Waals surface area contributed by atoms with Gasteiger partial charge in [0, 0.05) is 87.2 Å². The van der Waals surface area contributed by atoms with Crippen LogP contribution in [-0.2, 0) is 21.1 Å². The van der Waals surface area contributed by atoms with Gasteiger partial charge >= 0.3 is 0 Å². The molecule has 0 fully saturated rings. The Hall–Kier alpha value is -0.862. The van der Waals surface area contributed by atoms with Crippen LogP contribution in [-0.4, -0.2) is 57.2 Å². The average Bonchev–Trinajstić information content (AvgIpc) is 3.03. The first-order valence-electron chi connectivity index (χ1n) is 15.1. The van der Waals surface area contributed by atoms with E-state index in [0.717, 1.165) is 0 Å². The SMILES string of the molecule is C[PH+](C)C[PH+](C)C.N#N.[Mo].c1ccc([PH+](CCC[PH2+]CCC[PH+](c2ccccc2)c2ccccc2)c2ccccc2)cc1. The molecule has 4 aromatic carbocycles. The van der Waals surface area contributed by atoms with E-state index in [2.05, 4.69) is 148 Å². The van der Waals surface area contributed by atoms with Crippen LogP contribution in [0.4, 0.5) is 0 Å². The van der Waals surface area contributed by atoms with Crippen molar-refractivity contribution in [3.8, 4) is 0 Å². The Morgan fingerprint density at radius 2 is 0.721 bits per heavy atom. The topological polar surface area (TPSA) is 47.6 Å². The van der Waals surface area contributed by atoms with Crippen molar-refractivity contribution >= 4 is 61.5 Å². The van der Waals surface area contributed by atoms with Gasteiger partial charge in [0.2, 0.25) is 0 Å². The first-order chi connectivity index (χ1) is 20.5. The zero-order chi connectivity index (χ0) is 30.4. The van der Waals surface area contributed by atoms with Crippen molar-refractivity contribution in [1.82, 2.24) is 0 Å². The molecule has 228 valence electrons. The van der Waals surface area contributed by atoms with Crippen LogP contribution < -0.4 is 21.2 Å². The zero-order valence-corrected chi connectivity index (χ0v) is 33.5. The van der Waals surface area contributed by atoms with E-state index in [1.165, 1.54) is 37.5 Å². The molecule has 4 aromatic rings. The minimum atomic E-state index is -0.659. The summed E-state index contributed by atoms with van der Waals surface area (Å²) in [6.07, 6.45) is 8.34. The van der Waals surface area contributed by atoms with Crippen LogP contribution in [0.5, 0.6) is 0 Å². The summed E-state index contributed by atoms with van der Waals surface area (Å²) in [7, 11) is -0.528.